The van der Waals surface area contributed by atoms with Crippen LogP contribution < -0.4 is 15.8 Å². The van der Waals surface area contributed by atoms with E-state index in [1.807, 2.05) is 12.1 Å². The first-order valence-electron chi connectivity index (χ1n) is 5.58. The second-order valence-corrected chi connectivity index (χ2v) is 3.70. The minimum absolute atomic E-state index is 0.0508. The van der Waals surface area contributed by atoms with E-state index >= 15 is 0 Å². The first kappa shape index (κ1) is 13.3. The lowest BCUT2D eigenvalue weighted by Crippen LogP contribution is -2.16. The number of nitrogens with zero attached hydrogens (tertiary/aromatic N) is 1. The fourth-order valence-electron chi connectivity index (χ4n) is 1.52. The third-order valence-electron chi connectivity index (χ3n) is 2.41. The van der Waals surface area contributed by atoms with Crippen LogP contribution in [0.4, 0.5) is 0 Å². The van der Waals surface area contributed by atoms with Crippen LogP contribution in [0.3, 0.4) is 0 Å². The predicted octanol–water partition coefficient (Wildman–Crippen LogP) is 1.29. The molecule has 0 aliphatic carbocycles. The molecule has 0 fully saturated rings. The van der Waals surface area contributed by atoms with E-state index in [0.717, 1.165) is 25.1 Å². The Morgan fingerprint density at radius 2 is 2.29 bits per heavy atom. The highest BCUT2D eigenvalue weighted by Crippen LogP contribution is 2.19. The van der Waals surface area contributed by atoms with Gasteiger partial charge in [0, 0.05) is 6.54 Å². The molecule has 0 bridgehead atoms. The Morgan fingerprint density at radius 3 is 2.88 bits per heavy atom. The smallest absolute Gasteiger partial charge is 0.173 e. The maximum Gasteiger partial charge on any atom is 0.173 e. The predicted molar refractivity (Wildman–Crippen MR) is 67.5 cm³/mol. The van der Waals surface area contributed by atoms with Crippen LogP contribution in [0.2, 0.25) is 0 Å². The average Bonchev–Trinajstić information content (AvgIpc) is 2.38. The van der Waals surface area contributed by atoms with Crippen molar-refractivity contribution in [1.29, 1.82) is 0 Å². The highest BCUT2D eigenvalue weighted by molar-refractivity contribution is 5.99. The molecule has 0 spiro atoms. The van der Waals surface area contributed by atoms with Gasteiger partial charge in [-0.05, 0) is 30.7 Å². The second kappa shape index (κ2) is 6.75. The van der Waals surface area contributed by atoms with Crippen molar-refractivity contribution in [2.45, 2.75) is 19.9 Å². The number of oxime groups is 1. The van der Waals surface area contributed by atoms with Crippen LogP contribution in [0.1, 0.15) is 24.5 Å². The summed E-state index contributed by atoms with van der Waals surface area (Å²) in [6.07, 6.45) is 1.10. The number of rotatable bonds is 6. The number of hydrogen-bond acceptors (Lipinski definition) is 4. The normalized spacial score (nSPS) is 11.5. The van der Waals surface area contributed by atoms with Gasteiger partial charge in [-0.25, -0.2) is 0 Å². The second-order valence-electron chi connectivity index (χ2n) is 3.70. The summed E-state index contributed by atoms with van der Waals surface area (Å²) in [7, 11) is 1.56. The van der Waals surface area contributed by atoms with Gasteiger partial charge in [0.25, 0.3) is 0 Å². The van der Waals surface area contributed by atoms with Crippen molar-refractivity contribution in [3.05, 3.63) is 29.3 Å². The van der Waals surface area contributed by atoms with Crippen molar-refractivity contribution in [2.24, 2.45) is 10.9 Å². The molecule has 5 heteroatoms. The number of hydrogen-bond donors (Lipinski definition) is 3. The summed E-state index contributed by atoms with van der Waals surface area (Å²) in [5.74, 6) is 0.658. The quantitative estimate of drug-likeness (QED) is 0.229. The van der Waals surface area contributed by atoms with E-state index < -0.39 is 0 Å². The topological polar surface area (TPSA) is 79.9 Å². The lowest BCUT2D eigenvalue weighted by Gasteiger charge is -2.10. The number of ether oxygens (including phenoxy) is 1. The summed E-state index contributed by atoms with van der Waals surface area (Å²) in [5, 5.41) is 14.9. The average molecular weight is 237 g/mol. The van der Waals surface area contributed by atoms with Gasteiger partial charge in [-0.1, -0.05) is 18.1 Å². The highest BCUT2D eigenvalue weighted by atomic mass is 16.5. The minimum atomic E-state index is 0.0508. The van der Waals surface area contributed by atoms with Crippen LogP contribution in [-0.4, -0.2) is 24.7 Å². The molecular formula is C12H19N3O2. The molecule has 1 aromatic carbocycles. The van der Waals surface area contributed by atoms with Crippen LogP contribution >= 0.6 is 0 Å². The van der Waals surface area contributed by atoms with E-state index in [2.05, 4.69) is 17.4 Å². The van der Waals surface area contributed by atoms with Crippen LogP contribution in [0, 0.1) is 0 Å². The molecule has 1 rings (SSSR count). The summed E-state index contributed by atoms with van der Waals surface area (Å²) in [6.45, 7) is 3.88. The van der Waals surface area contributed by atoms with Gasteiger partial charge in [0.1, 0.15) is 5.75 Å². The summed E-state index contributed by atoms with van der Waals surface area (Å²) >= 11 is 0. The molecule has 4 N–H and O–H groups in total. The van der Waals surface area contributed by atoms with Gasteiger partial charge in [0.05, 0.1) is 12.7 Å². The zero-order valence-electron chi connectivity index (χ0n) is 10.2. The maximum absolute atomic E-state index is 8.65. The Labute approximate surface area is 101 Å². The Balaban J connectivity index is 2.85. The molecule has 5 nitrogen and oxygen atoms in total. The molecular weight excluding hydrogens is 218 g/mol. The van der Waals surface area contributed by atoms with Crippen molar-refractivity contribution in [2.75, 3.05) is 13.7 Å². The fourth-order valence-corrected chi connectivity index (χ4v) is 1.52. The zero-order chi connectivity index (χ0) is 12.7. The Kier molecular flexibility index (Phi) is 5.29. The first-order valence-corrected chi connectivity index (χ1v) is 5.58. The molecule has 0 saturated heterocycles. The Morgan fingerprint density at radius 1 is 1.53 bits per heavy atom. The third kappa shape index (κ3) is 3.64. The molecule has 1 aromatic rings. The monoisotopic (exact) mass is 237 g/mol. The van der Waals surface area contributed by atoms with Gasteiger partial charge < -0.3 is 21.0 Å². The van der Waals surface area contributed by atoms with Crippen LogP contribution in [0.15, 0.2) is 23.4 Å². The van der Waals surface area contributed by atoms with E-state index in [4.69, 9.17) is 15.7 Å². The fraction of sp³-hybridized carbons (Fsp3) is 0.417. The number of benzene rings is 1. The molecule has 0 aromatic heterocycles. The number of methoxy groups -OCH3 is 1. The van der Waals surface area contributed by atoms with Gasteiger partial charge in [-0.2, -0.15) is 0 Å². The SMILES string of the molecule is CCCNCc1ccc(/C(N)=N/O)c(OC)c1. The summed E-state index contributed by atoms with van der Waals surface area (Å²) < 4.78 is 5.22. The van der Waals surface area contributed by atoms with Crippen LogP contribution in [0.25, 0.3) is 0 Å². The number of nitrogens with one attached hydrogen (secondary N) is 1. The molecule has 0 unspecified atom stereocenters. The summed E-state index contributed by atoms with van der Waals surface area (Å²) in [6, 6.07) is 5.60. The van der Waals surface area contributed by atoms with Gasteiger partial charge in [-0.3, -0.25) is 0 Å². The lowest BCUT2D eigenvalue weighted by molar-refractivity contribution is 0.318. The summed E-state index contributed by atoms with van der Waals surface area (Å²) in [4.78, 5) is 0. The molecule has 17 heavy (non-hydrogen) atoms. The molecule has 0 radical (unpaired) electrons. The van der Waals surface area contributed by atoms with Crippen molar-refractivity contribution in [3.8, 4) is 5.75 Å². The molecule has 0 saturated carbocycles. The van der Waals surface area contributed by atoms with Crippen LogP contribution in [0.5, 0.6) is 5.75 Å². The highest BCUT2D eigenvalue weighted by Gasteiger charge is 2.08. The van der Waals surface area contributed by atoms with Gasteiger partial charge >= 0.3 is 0 Å². The summed E-state index contributed by atoms with van der Waals surface area (Å²) in [5.41, 5.74) is 7.24. The number of nitrogens with two attached hydrogens (primary N) is 1. The van der Waals surface area contributed by atoms with Crippen molar-refractivity contribution < 1.29 is 9.94 Å². The molecule has 0 aliphatic heterocycles. The molecule has 0 aliphatic rings. The Bertz CT molecular complexity index is 391. The third-order valence-corrected chi connectivity index (χ3v) is 2.41. The molecule has 0 amide bonds. The Hall–Kier alpha value is -1.75. The minimum Gasteiger partial charge on any atom is -0.496 e. The number of amidine groups is 1. The maximum atomic E-state index is 8.65. The standard InChI is InChI=1S/C12H19N3O2/c1-3-6-14-8-9-4-5-10(12(13)15-16)11(7-9)17-2/h4-5,7,14,16H,3,6,8H2,1-2H3,(H2,13,15). The zero-order valence-corrected chi connectivity index (χ0v) is 10.2. The van der Waals surface area contributed by atoms with Gasteiger partial charge in [-0.15, -0.1) is 0 Å². The van der Waals surface area contributed by atoms with E-state index in [-0.39, 0.29) is 5.84 Å². The van der Waals surface area contributed by atoms with Gasteiger partial charge in [0.2, 0.25) is 0 Å². The first-order chi connectivity index (χ1) is 8.22. The van der Waals surface area contributed by atoms with Crippen molar-refractivity contribution >= 4 is 5.84 Å². The molecule has 0 atom stereocenters. The van der Waals surface area contributed by atoms with E-state index in [1.165, 1.54) is 0 Å². The van der Waals surface area contributed by atoms with Crippen LogP contribution in [-0.2, 0) is 6.54 Å². The van der Waals surface area contributed by atoms with E-state index in [0.29, 0.717) is 11.3 Å². The van der Waals surface area contributed by atoms with Gasteiger partial charge in [0.15, 0.2) is 5.84 Å². The van der Waals surface area contributed by atoms with Crippen molar-refractivity contribution in [3.63, 3.8) is 0 Å². The lowest BCUT2D eigenvalue weighted by atomic mass is 10.1. The molecule has 0 heterocycles. The molecule has 94 valence electrons. The van der Waals surface area contributed by atoms with E-state index in [9.17, 15) is 0 Å². The van der Waals surface area contributed by atoms with Crippen molar-refractivity contribution in [1.82, 2.24) is 5.32 Å². The van der Waals surface area contributed by atoms with E-state index in [1.54, 1.807) is 13.2 Å². The largest absolute Gasteiger partial charge is 0.496 e.